The number of nitrogens with one attached hydrogen (secondary N) is 1. The molecule has 3 aromatic carbocycles. The van der Waals surface area contributed by atoms with Crippen molar-refractivity contribution < 1.29 is 17.9 Å². The topological polar surface area (TPSA) is 78.9 Å². The molecule has 34 heavy (non-hydrogen) atoms. The monoisotopic (exact) mass is 479 g/mol. The summed E-state index contributed by atoms with van der Waals surface area (Å²) in [6.45, 7) is 1.43. The van der Waals surface area contributed by atoms with E-state index in [-0.39, 0.29) is 10.8 Å². The number of carbonyl (C=O) groups is 1. The van der Waals surface area contributed by atoms with Gasteiger partial charge in [0.25, 0.3) is 15.9 Å². The summed E-state index contributed by atoms with van der Waals surface area (Å²) in [6.07, 6.45) is 2.15. The number of nitrogens with zero attached hydrogens (tertiary/aromatic N) is 2. The van der Waals surface area contributed by atoms with Crippen LogP contribution < -0.4 is 19.3 Å². The van der Waals surface area contributed by atoms with Crippen LogP contribution in [0.4, 0.5) is 11.4 Å². The molecule has 0 unspecified atom stereocenters. The van der Waals surface area contributed by atoms with Gasteiger partial charge in [-0.1, -0.05) is 18.2 Å². The first-order valence-corrected chi connectivity index (χ1v) is 12.6. The predicted molar refractivity (Wildman–Crippen MR) is 134 cm³/mol. The minimum absolute atomic E-state index is 0.0512. The lowest BCUT2D eigenvalue weighted by molar-refractivity contribution is 0.0950. The average Bonchev–Trinajstić information content (AvgIpc) is 2.87. The van der Waals surface area contributed by atoms with Crippen LogP contribution in [0.2, 0.25) is 0 Å². The second-order valence-corrected chi connectivity index (χ2v) is 10.3. The Morgan fingerprint density at radius 1 is 1.09 bits per heavy atom. The zero-order chi connectivity index (χ0) is 24.3. The fourth-order valence-corrected chi connectivity index (χ4v) is 5.36. The molecule has 0 aromatic heterocycles. The SMILES string of the molecule is COc1ccc(N(C)S(=O)(=O)c2cccc(C(=O)NCc3ccc4c(c3)CCCN4C)c2)cc1. The first kappa shape index (κ1) is 23.6. The normalized spacial score (nSPS) is 13.2. The van der Waals surface area contributed by atoms with Crippen molar-refractivity contribution in [3.8, 4) is 5.75 Å². The number of anilines is 2. The molecular weight excluding hydrogens is 450 g/mol. The fourth-order valence-electron chi connectivity index (χ4n) is 4.12. The summed E-state index contributed by atoms with van der Waals surface area (Å²) in [5.74, 6) is 0.318. The molecule has 8 heteroatoms. The van der Waals surface area contributed by atoms with Gasteiger partial charge in [0.1, 0.15) is 5.75 Å². The highest BCUT2D eigenvalue weighted by Gasteiger charge is 2.22. The van der Waals surface area contributed by atoms with Gasteiger partial charge in [-0.2, -0.15) is 0 Å². The standard InChI is InChI=1S/C26H29N3O4S/c1-28-15-5-7-20-16-19(9-14-25(20)28)18-27-26(30)21-6-4-8-24(17-21)34(31,32)29(2)22-10-12-23(33-3)13-11-22/h4,6,8-14,16-17H,5,7,15,18H2,1-3H3,(H,27,30). The lowest BCUT2D eigenvalue weighted by Crippen LogP contribution is -2.27. The second-order valence-electron chi connectivity index (χ2n) is 8.37. The molecule has 1 amide bonds. The summed E-state index contributed by atoms with van der Waals surface area (Å²) in [7, 11) is 1.28. The van der Waals surface area contributed by atoms with Gasteiger partial charge in [0.15, 0.2) is 0 Å². The maximum Gasteiger partial charge on any atom is 0.264 e. The zero-order valence-electron chi connectivity index (χ0n) is 19.6. The van der Waals surface area contributed by atoms with E-state index in [2.05, 4.69) is 29.4 Å². The van der Waals surface area contributed by atoms with Gasteiger partial charge in [-0.25, -0.2) is 8.42 Å². The zero-order valence-corrected chi connectivity index (χ0v) is 20.4. The Labute approximate surface area is 201 Å². The van der Waals surface area contributed by atoms with Crippen molar-refractivity contribution >= 4 is 27.3 Å². The Bertz CT molecular complexity index is 1290. The van der Waals surface area contributed by atoms with Crippen LogP contribution in [0.5, 0.6) is 5.75 Å². The van der Waals surface area contributed by atoms with E-state index in [1.807, 2.05) is 6.07 Å². The number of hydrogen-bond acceptors (Lipinski definition) is 5. The molecule has 0 aliphatic carbocycles. The summed E-state index contributed by atoms with van der Waals surface area (Å²) in [5, 5.41) is 2.91. The van der Waals surface area contributed by atoms with Crippen molar-refractivity contribution in [3.63, 3.8) is 0 Å². The molecule has 0 fully saturated rings. The van der Waals surface area contributed by atoms with Crippen LogP contribution in [-0.4, -0.2) is 42.1 Å². The van der Waals surface area contributed by atoms with Gasteiger partial charge in [0.2, 0.25) is 0 Å². The van der Waals surface area contributed by atoms with Gasteiger partial charge in [0.05, 0.1) is 17.7 Å². The summed E-state index contributed by atoms with van der Waals surface area (Å²) in [6, 6.07) is 19.1. The molecule has 0 saturated carbocycles. The smallest absolute Gasteiger partial charge is 0.264 e. The maximum absolute atomic E-state index is 13.2. The molecule has 1 heterocycles. The molecule has 4 rings (SSSR count). The highest BCUT2D eigenvalue weighted by atomic mass is 32.2. The first-order chi connectivity index (χ1) is 16.3. The Balaban J connectivity index is 1.47. The molecule has 0 atom stereocenters. The second kappa shape index (κ2) is 9.77. The van der Waals surface area contributed by atoms with Crippen LogP contribution in [0.25, 0.3) is 0 Å². The third-order valence-corrected chi connectivity index (χ3v) is 7.92. The van der Waals surface area contributed by atoms with Crippen molar-refractivity contribution in [2.24, 2.45) is 0 Å². The minimum Gasteiger partial charge on any atom is -0.497 e. The van der Waals surface area contributed by atoms with Crippen LogP contribution in [0.3, 0.4) is 0 Å². The number of ether oxygens (including phenoxy) is 1. The summed E-state index contributed by atoms with van der Waals surface area (Å²) >= 11 is 0. The van der Waals surface area contributed by atoms with E-state index in [9.17, 15) is 13.2 Å². The lowest BCUT2D eigenvalue weighted by Gasteiger charge is -2.27. The van der Waals surface area contributed by atoms with E-state index in [1.165, 1.54) is 34.7 Å². The van der Waals surface area contributed by atoms with Gasteiger partial charge in [-0.3, -0.25) is 9.10 Å². The number of methoxy groups -OCH3 is 1. The van der Waals surface area contributed by atoms with E-state index in [0.29, 0.717) is 23.5 Å². The van der Waals surface area contributed by atoms with Gasteiger partial charge < -0.3 is 15.0 Å². The van der Waals surface area contributed by atoms with Crippen molar-refractivity contribution in [2.75, 3.05) is 37.0 Å². The molecule has 0 bridgehead atoms. The van der Waals surface area contributed by atoms with Crippen LogP contribution in [0.1, 0.15) is 27.9 Å². The molecule has 1 N–H and O–H groups in total. The average molecular weight is 480 g/mol. The van der Waals surface area contributed by atoms with Crippen molar-refractivity contribution in [3.05, 3.63) is 83.4 Å². The van der Waals surface area contributed by atoms with Crippen LogP contribution >= 0.6 is 0 Å². The maximum atomic E-state index is 13.2. The van der Waals surface area contributed by atoms with Crippen molar-refractivity contribution in [1.29, 1.82) is 0 Å². The van der Waals surface area contributed by atoms with Crippen molar-refractivity contribution in [2.45, 2.75) is 24.3 Å². The number of benzene rings is 3. The van der Waals surface area contributed by atoms with E-state index >= 15 is 0 Å². The fraction of sp³-hybridized carbons (Fsp3) is 0.269. The van der Waals surface area contributed by atoms with Gasteiger partial charge in [-0.15, -0.1) is 0 Å². The minimum atomic E-state index is -3.84. The Hall–Kier alpha value is -3.52. The van der Waals surface area contributed by atoms with E-state index in [1.54, 1.807) is 43.5 Å². The van der Waals surface area contributed by atoms with Crippen LogP contribution in [0.15, 0.2) is 71.6 Å². The quantitative estimate of drug-likeness (QED) is 0.557. The predicted octanol–water partition coefficient (Wildman–Crippen LogP) is 3.83. The van der Waals surface area contributed by atoms with Gasteiger partial charge >= 0.3 is 0 Å². The highest BCUT2D eigenvalue weighted by molar-refractivity contribution is 7.92. The number of hydrogen-bond donors (Lipinski definition) is 1. The Morgan fingerprint density at radius 2 is 1.85 bits per heavy atom. The van der Waals surface area contributed by atoms with E-state index < -0.39 is 10.0 Å². The largest absolute Gasteiger partial charge is 0.497 e. The van der Waals surface area contributed by atoms with Gasteiger partial charge in [0, 0.05) is 38.4 Å². The highest BCUT2D eigenvalue weighted by Crippen LogP contribution is 2.27. The van der Waals surface area contributed by atoms with Crippen LogP contribution in [0, 0.1) is 0 Å². The molecular formula is C26H29N3O4S. The number of sulfonamides is 1. The van der Waals surface area contributed by atoms with Gasteiger partial charge in [-0.05, 0) is 72.5 Å². The molecule has 178 valence electrons. The van der Waals surface area contributed by atoms with E-state index in [4.69, 9.17) is 4.74 Å². The van der Waals surface area contributed by atoms with Crippen molar-refractivity contribution in [1.82, 2.24) is 5.32 Å². The summed E-state index contributed by atoms with van der Waals surface area (Å²) in [5.41, 5.74) is 4.33. The number of amides is 1. The first-order valence-electron chi connectivity index (χ1n) is 11.1. The molecule has 0 radical (unpaired) electrons. The van der Waals surface area contributed by atoms with E-state index in [0.717, 1.165) is 24.9 Å². The number of fused-ring (bicyclic) bond motifs is 1. The third-order valence-electron chi connectivity index (χ3n) is 6.14. The summed E-state index contributed by atoms with van der Waals surface area (Å²) < 4.78 is 32.6. The molecule has 1 aliphatic rings. The molecule has 7 nitrogen and oxygen atoms in total. The molecule has 0 saturated heterocycles. The molecule has 1 aliphatic heterocycles. The number of aryl methyl sites for hydroxylation is 1. The van der Waals surface area contributed by atoms with Crippen LogP contribution in [-0.2, 0) is 23.0 Å². The third kappa shape index (κ3) is 4.87. The summed E-state index contributed by atoms with van der Waals surface area (Å²) in [4.78, 5) is 15.1. The molecule has 0 spiro atoms. The number of rotatable bonds is 7. The number of carbonyl (C=O) groups excluding carboxylic acids is 1. The molecule has 3 aromatic rings. The Morgan fingerprint density at radius 3 is 2.59 bits per heavy atom. The Kier molecular flexibility index (Phi) is 6.79. The lowest BCUT2D eigenvalue weighted by atomic mass is 9.99.